The predicted octanol–water partition coefficient (Wildman–Crippen LogP) is -2.88. The third-order valence-electron chi connectivity index (χ3n) is 0. The molecule has 0 aromatic heterocycles. The average Bonchev–Trinajstić information content (AvgIpc) is 0.722. The molecule has 8 heavy (non-hydrogen) atoms. The van der Waals surface area contributed by atoms with Crippen LogP contribution in [0.25, 0.3) is 0 Å². The second-order valence-electron chi connectivity index (χ2n) is 0.513. The number of hydrogen-bond acceptors (Lipinski definition) is 1. The summed E-state index contributed by atoms with van der Waals surface area (Å²) in [5.41, 5.74) is 0. The molecule has 0 aliphatic heterocycles. The molecule has 0 fully saturated rings. The van der Waals surface area contributed by atoms with Gasteiger partial charge in [0.05, 0.1) is 0 Å². The molecule has 0 aromatic rings. The number of halogens is 1. The van der Waals surface area contributed by atoms with Crippen molar-refractivity contribution in [3.8, 4) is 0 Å². The van der Waals surface area contributed by atoms with Crippen LogP contribution in [0.15, 0.2) is 0 Å². The smallest absolute Gasteiger partial charge is 0.303 e. The van der Waals surface area contributed by atoms with Crippen LogP contribution >= 0.6 is 7.82 Å². The van der Waals surface area contributed by atoms with Gasteiger partial charge in [-0.3, -0.25) is 4.70 Å². The Kier molecular flexibility index (Phi) is 23.7. The average molecular weight is 174 g/mol. The fourth-order valence-electron chi connectivity index (χ4n) is 0. The highest BCUT2D eigenvalue weighted by Gasteiger charge is 2.00. The summed E-state index contributed by atoms with van der Waals surface area (Å²) in [7, 11) is -4.64. The van der Waals surface area contributed by atoms with E-state index in [1.165, 1.54) is 0 Å². The molecule has 0 saturated carbocycles. The number of rotatable bonds is 0. The minimum absolute atomic E-state index is 0. The van der Waals surface area contributed by atoms with Crippen molar-refractivity contribution in [2.24, 2.45) is 0 Å². The first-order valence-corrected chi connectivity index (χ1v) is 2.35. The molecule has 0 heterocycles. The van der Waals surface area contributed by atoms with Gasteiger partial charge < -0.3 is 14.7 Å². The maximum Gasteiger partial charge on any atom is 0.466 e. The first-order chi connectivity index (χ1) is 2.00. The van der Waals surface area contributed by atoms with E-state index in [-0.39, 0.29) is 45.1 Å². The van der Waals surface area contributed by atoms with Crippen LogP contribution in [-0.2, 0) is 4.57 Å². The van der Waals surface area contributed by atoms with E-state index in [9.17, 15) is 0 Å². The van der Waals surface area contributed by atoms with Crippen molar-refractivity contribution in [2.75, 3.05) is 0 Å². The Balaban J connectivity index is -0.0000000267. The zero-order chi connectivity index (χ0) is 4.50. The Bertz CT molecular complexity index is 62.2. The van der Waals surface area contributed by atoms with Crippen LogP contribution in [0.1, 0.15) is 0 Å². The number of phosphoric acid groups is 1. The number of hydrogen-bond donors (Lipinski definition) is 3. The van der Waals surface area contributed by atoms with Crippen LogP contribution < -0.4 is 0 Å². The standard InChI is InChI=1S/Al.FH.Mg.H3O4P.5H/c;;;1-5(2,3)4;;;;;/h;1H;;(H3,1,2,3,4);;;;;. The maximum absolute atomic E-state index is 8.88. The van der Waals surface area contributed by atoms with Crippen LogP contribution in [0, 0.1) is 0 Å². The van der Waals surface area contributed by atoms with Gasteiger partial charge in [0, 0.05) is 0 Å². The Morgan fingerprint density at radius 3 is 1.12 bits per heavy atom. The Hall–Kier alpha value is 1.34. The SMILES string of the molecule is F.O=P(O)(O)O.[AlH3].[MgH2]. The van der Waals surface area contributed by atoms with Crippen molar-refractivity contribution >= 4 is 48.2 Å². The van der Waals surface area contributed by atoms with Gasteiger partial charge >= 0.3 is 30.9 Å². The molecule has 3 N–H and O–H groups in total. The summed E-state index contributed by atoms with van der Waals surface area (Å²) in [4.78, 5) is 21.6. The molecule has 0 aliphatic rings. The normalized spacial score (nSPS) is 7.38. The summed E-state index contributed by atoms with van der Waals surface area (Å²) in [5, 5.41) is 0. The predicted molar refractivity (Wildman–Crippen MR) is 35.2 cm³/mol. The van der Waals surface area contributed by atoms with Gasteiger partial charge in [-0.15, -0.1) is 0 Å². The first kappa shape index (κ1) is 22.8. The van der Waals surface area contributed by atoms with Gasteiger partial charge in [0.2, 0.25) is 0 Å². The molecule has 4 nitrogen and oxygen atoms in total. The lowest BCUT2D eigenvalue weighted by atomic mass is 15.8. The lowest BCUT2D eigenvalue weighted by Gasteiger charge is -1.82. The van der Waals surface area contributed by atoms with E-state index in [0.717, 1.165) is 0 Å². The topological polar surface area (TPSA) is 77.8 Å². The molecule has 0 spiro atoms. The molecule has 0 rings (SSSR count). The van der Waals surface area contributed by atoms with Gasteiger partial charge in [-0.25, -0.2) is 4.57 Å². The Morgan fingerprint density at radius 2 is 1.12 bits per heavy atom. The van der Waals surface area contributed by atoms with Gasteiger partial charge in [0.25, 0.3) is 0 Å². The van der Waals surface area contributed by atoms with E-state index in [2.05, 4.69) is 0 Å². The fourth-order valence-corrected chi connectivity index (χ4v) is 0. The minimum atomic E-state index is -4.64. The van der Waals surface area contributed by atoms with Gasteiger partial charge in [-0.1, -0.05) is 0 Å². The fraction of sp³-hybridized carbons (Fsp3) is 0. The monoisotopic (exact) mass is 174 g/mol. The van der Waals surface area contributed by atoms with Gasteiger partial charge in [-0.2, -0.15) is 0 Å². The molecular formula is H9AlFMgO4P. The summed E-state index contributed by atoms with van der Waals surface area (Å²) in [5.74, 6) is 0. The van der Waals surface area contributed by atoms with Crippen molar-refractivity contribution in [3.05, 3.63) is 0 Å². The van der Waals surface area contributed by atoms with E-state index < -0.39 is 7.82 Å². The molecule has 8 heteroatoms. The van der Waals surface area contributed by atoms with E-state index in [1.807, 2.05) is 0 Å². The molecule has 0 aromatic carbocycles. The molecule has 0 radical (unpaired) electrons. The zero-order valence-corrected chi connectivity index (χ0v) is 3.50. The van der Waals surface area contributed by atoms with E-state index >= 15 is 0 Å². The largest absolute Gasteiger partial charge is 0.466 e. The minimum Gasteiger partial charge on any atom is -0.303 e. The summed E-state index contributed by atoms with van der Waals surface area (Å²) in [6, 6.07) is 0. The second-order valence-corrected chi connectivity index (χ2v) is 1.54. The summed E-state index contributed by atoms with van der Waals surface area (Å²) < 4.78 is 8.88. The lowest BCUT2D eigenvalue weighted by molar-refractivity contribution is 0.275. The molecule has 0 bridgehead atoms. The van der Waals surface area contributed by atoms with Crippen molar-refractivity contribution in [3.63, 3.8) is 0 Å². The van der Waals surface area contributed by atoms with Crippen LogP contribution in [-0.4, -0.2) is 55.1 Å². The molecule has 0 unspecified atom stereocenters. The maximum atomic E-state index is 8.88. The van der Waals surface area contributed by atoms with Crippen molar-refractivity contribution in [1.29, 1.82) is 0 Å². The van der Waals surface area contributed by atoms with Gasteiger partial charge in [-0.05, 0) is 0 Å². The van der Waals surface area contributed by atoms with Crippen molar-refractivity contribution in [2.45, 2.75) is 0 Å². The van der Waals surface area contributed by atoms with Crippen LogP contribution in [0.2, 0.25) is 0 Å². The Morgan fingerprint density at radius 1 is 1.12 bits per heavy atom. The highest BCUT2D eigenvalue weighted by molar-refractivity contribution is 7.45. The molecule has 0 amide bonds. The van der Waals surface area contributed by atoms with Gasteiger partial charge in [0.15, 0.2) is 17.4 Å². The highest BCUT2D eigenvalue weighted by Crippen LogP contribution is 2.25. The van der Waals surface area contributed by atoms with Crippen molar-refractivity contribution in [1.82, 2.24) is 0 Å². The van der Waals surface area contributed by atoms with Crippen molar-refractivity contribution < 1.29 is 23.9 Å². The van der Waals surface area contributed by atoms with Crippen LogP contribution in [0.3, 0.4) is 0 Å². The Labute approximate surface area is 72.2 Å². The van der Waals surface area contributed by atoms with Gasteiger partial charge in [0.1, 0.15) is 0 Å². The third kappa shape index (κ3) is 165. The molecular weight excluding hydrogens is 165 g/mol. The second kappa shape index (κ2) is 8.34. The zero-order valence-electron chi connectivity index (χ0n) is 2.61. The summed E-state index contributed by atoms with van der Waals surface area (Å²) in [6.45, 7) is 0. The van der Waals surface area contributed by atoms with E-state index in [4.69, 9.17) is 19.2 Å². The summed E-state index contributed by atoms with van der Waals surface area (Å²) >= 11 is 0. The molecule has 50 valence electrons. The quantitative estimate of drug-likeness (QED) is 0.272. The van der Waals surface area contributed by atoms with E-state index in [1.54, 1.807) is 0 Å². The third-order valence-corrected chi connectivity index (χ3v) is 0. The molecule has 0 atom stereocenters. The molecule has 0 aliphatic carbocycles. The molecule has 0 saturated heterocycles. The highest BCUT2D eigenvalue weighted by atomic mass is 31.2. The van der Waals surface area contributed by atoms with Crippen LogP contribution in [0.4, 0.5) is 4.70 Å². The summed E-state index contributed by atoms with van der Waals surface area (Å²) in [6.07, 6.45) is 0. The lowest BCUT2D eigenvalue weighted by Crippen LogP contribution is -1.66. The van der Waals surface area contributed by atoms with Crippen LogP contribution in [0.5, 0.6) is 0 Å². The first-order valence-electron chi connectivity index (χ1n) is 0.783. The van der Waals surface area contributed by atoms with E-state index in [0.29, 0.717) is 0 Å².